The van der Waals surface area contributed by atoms with E-state index in [1.807, 2.05) is 37.4 Å². The van der Waals surface area contributed by atoms with Gasteiger partial charge in [0.15, 0.2) is 0 Å². The fraction of sp³-hybridized carbons (Fsp3) is 0.300. The third kappa shape index (κ3) is 3.35. The van der Waals surface area contributed by atoms with Gasteiger partial charge in [-0.1, -0.05) is 22.0 Å². The smallest absolute Gasteiger partial charge is 0.237 e. The molecule has 1 rings (SSSR count). The standard InChI is InChI=1S/C10H12BrNOS/c1-7(14-2)10(13)12-9-5-3-4-8(11)6-9/h3-7H,1-2H3,(H,12,13)/t7-/m1/s1. The van der Waals surface area contributed by atoms with Crippen molar-refractivity contribution < 1.29 is 4.79 Å². The monoisotopic (exact) mass is 273 g/mol. The number of hydrogen-bond donors (Lipinski definition) is 1. The Morgan fingerprint density at radius 1 is 1.57 bits per heavy atom. The SMILES string of the molecule is CS[C@H](C)C(=O)Nc1cccc(Br)c1. The van der Waals surface area contributed by atoms with Crippen LogP contribution in [-0.4, -0.2) is 17.4 Å². The topological polar surface area (TPSA) is 29.1 Å². The molecule has 0 radical (unpaired) electrons. The summed E-state index contributed by atoms with van der Waals surface area (Å²) in [5, 5.41) is 2.82. The van der Waals surface area contributed by atoms with Crippen LogP contribution in [0.25, 0.3) is 0 Å². The van der Waals surface area contributed by atoms with Gasteiger partial charge < -0.3 is 5.32 Å². The summed E-state index contributed by atoms with van der Waals surface area (Å²) in [5.74, 6) is 0.0376. The highest BCUT2D eigenvalue weighted by atomic mass is 79.9. The molecule has 0 heterocycles. The maximum atomic E-state index is 11.5. The molecule has 0 spiro atoms. The van der Waals surface area contributed by atoms with Crippen molar-refractivity contribution in [3.05, 3.63) is 28.7 Å². The Bertz CT molecular complexity index is 330. The predicted molar refractivity (Wildman–Crippen MR) is 65.7 cm³/mol. The van der Waals surface area contributed by atoms with Gasteiger partial charge in [-0.25, -0.2) is 0 Å². The van der Waals surface area contributed by atoms with Gasteiger partial charge in [-0.2, -0.15) is 11.8 Å². The molecule has 1 aromatic carbocycles. The van der Waals surface area contributed by atoms with E-state index < -0.39 is 0 Å². The molecule has 0 bridgehead atoms. The van der Waals surface area contributed by atoms with Crippen LogP contribution in [0.2, 0.25) is 0 Å². The number of carbonyl (C=O) groups is 1. The van der Waals surface area contributed by atoms with E-state index in [2.05, 4.69) is 21.2 Å². The van der Waals surface area contributed by atoms with E-state index in [1.165, 1.54) is 11.8 Å². The lowest BCUT2D eigenvalue weighted by Gasteiger charge is -2.09. The number of thioether (sulfide) groups is 1. The predicted octanol–water partition coefficient (Wildman–Crippen LogP) is 3.14. The second-order valence-electron chi connectivity index (χ2n) is 2.88. The lowest BCUT2D eigenvalue weighted by Crippen LogP contribution is -2.21. The molecule has 0 saturated carbocycles. The molecular formula is C10H12BrNOS. The Kier molecular flexibility index (Phi) is 4.48. The van der Waals surface area contributed by atoms with Gasteiger partial charge >= 0.3 is 0 Å². The number of anilines is 1. The number of benzene rings is 1. The summed E-state index contributed by atoms with van der Waals surface area (Å²) in [5.41, 5.74) is 0.824. The van der Waals surface area contributed by atoms with Gasteiger partial charge in [0.2, 0.25) is 5.91 Å². The Morgan fingerprint density at radius 3 is 2.86 bits per heavy atom. The van der Waals surface area contributed by atoms with Gasteiger partial charge in [-0.3, -0.25) is 4.79 Å². The molecule has 0 aromatic heterocycles. The van der Waals surface area contributed by atoms with Crippen molar-refractivity contribution in [2.24, 2.45) is 0 Å². The summed E-state index contributed by atoms with van der Waals surface area (Å²) >= 11 is 4.88. The molecule has 0 saturated heterocycles. The highest BCUT2D eigenvalue weighted by Crippen LogP contribution is 2.17. The van der Waals surface area contributed by atoms with Gasteiger partial charge in [0, 0.05) is 10.2 Å². The van der Waals surface area contributed by atoms with Crippen molar-refractivity contribution in [1.82, 2.24) is 0 Å². The molecule has 14 heavy (non-hydrogen) atoms. The maximum absolute atomic E-state index is 11.5. The molecule has 0 aliphatic rings. The van der Waals surface area contributed by atoms with Crippen LogP contribution in [0.4, 0.5) is 5.69 Å². The normalized spacial score (nSPS) is 12.2. The first-order chi connectivity index (χ1) is 6.63. The fourth-order valence-corrected chi connectivity index (χ4v) is 1.59. The first-order valence-electron chi connectivity index (χ1n) is 4.22. The van der Waals surface area contributed by atoms with Gasteiger partial charge in [-0.05, 0) is 31.4 Å². The second-order valence-corrected chi connectivity index (χ2v) is 4.97. The van der Waals surface area contributed by atoms with Gasteiger partial charge in [-0.15, -0.1) is 0 Å². The zero-order valence-corrected chi connectivity index (χ0v) is 10.5. The Balaban J connectivity index is 2.65. The molecule has 0 aliphatic heterocycles. The highest BCUT2D eigenvalue weighted by Gasteiger charge is 2.10. The van der Waals surface area contributed by atoms with E-state index in [9.17, 15) is 4.79 Å². The average Bonchev–Trinajstić information content (AvgIpc) is 2.16. The van der Waals surface area contributed by atoms with Crippen molar-refractivity contribution in [2.45, 2.75) is 12.2 Å². The minimum absolute atomic E-state index is 0.0195. The largest absolute Gasteiger partial charge is 0.325 e. The summed E-state index contributed by atoms with van der Waals surface area (Å²) in [6.45, 7) is 1.89. The third-order valence-electron chi connectivity index (χ3n) is 1.81. The van der Waals surface area contributed by atoms with Crippen LogP contribution in [0.15, 0.2) is 28.7 Å². The van der Waals surface area contributed by atoms with Crippen LogP contribution in [0.3, 0.4) is 0 Å². The number of hydrogen-bond acceptors (Lipinski definition) is 2. The van der Waals surface area contributed by atoms with Crippen LogP contribution < -0.4 is 5.32 Å². The Hall–Kier alpha value is -0.480. The van der Waals surface area contributed by atoms with Crippen LogP contribution in [0.5, 0.6) is 0 Å². The Labute approximate surface area is 96.6 Å². The number of amides is 1. The van der Waals surface area contributed by atoms with Crippen molar-refractivity contribution in [3.63, 3.8) is 0 Å². The maximum Gasteiger partial charge on any atom is 0.237 e. The van der Waals surface area contributed by atoms with Crippen molar-refractivity contribution in [3.8, 4) is 0 Å². The number of rotatable bonds is 3. The van der Waals surface area contributed by atoms with E-state index in [1.54, 1.807) is 0 Å². The van der Waals surface area contributed by atoms with E-state index in [0.29, 0.717) is 0 Å². The van der Waals surface area contributed by atoms with Crippen LogP contribution in [0, 0.1) is 0 Å². The lowest BCUT2D eigenvalue weighted by molar-refractivity contribution is -0.115. The molecule has 4 heteroatoms. The molecule has 1 N–H and O–H groups in total. The van der Waals surface area contributed by atoms with Crippen molar-refractivity contribution in [2.75, 3.05) is 11.6 Å². The molecule has 1 amide bonds. The van der Waals surface area contributed by atoms with E-state index >= 15 is 0 Å². The van der Waals surface area contributed by atoms with Gasteiger partial charge in [0.05, 0.1) is 5.25 Å². The van der Waals surface area contributed by atoms with E-state index in [0.717, 1.165) is 10.2 Å². The summed E-state index contributed by atoms with van der Waals surface area (Å²) < 4.78 is 0.965. The molecule has 0 aliphatic carbocycles. The van der Waals surface area contributed by atoms with Crippen LogP contribution >= 0.6 is 27.7 Å². The first-order valence-corrected chi connectivity index (χ1v) is 6.31. The zero-order chi connectivity index (χ0) is 10.6. The molecular weight excluding hydrogens is 262 g/mol. The van der Waals surface area contributed by atoms with Gasteiger partial charge in [0.25, 0.3) is 0 Å². The van der Waals surface area contributed by atoms with Crippen LogP contribution in [0.1, 0.15) is 6.92 Å². The Morgan fingerprint density at radius 2 is 2.29 bits per heavy atom. The summed E-state index contributed by atoms with van der Waals surface area (Å²) in [7, 11) is 0. The average molecular weight is 274 g/mol. The van der Waals surface area contributed by atoms with Crippen molar-refractivity contribution >= 4 is 39.3 Å². The quantitative estimate of drug-likeness (QED) is 0.917. The first kappa shape index (κ1) is 11.6. The number of nitrogens with one attached hydrogen (secondary N) is 1. The fourth-order valence-electron chi connectivity index (χ4n) is 0.917. The van der Waals surface area contributed by atoms with Crippen molar-refractivity contribution in [1.29, 1.82) is 0 Å². The van der Waals surface area contributed by atoms with E-state index in [4.69, 9.17) is 0 Å². The zero-order valence-electron chi connectivity index (χ0n) is 8.08. The van der Waals surface area contributed by atoms with Gasteiger partial charge in [0.1, 0.15) is 0 Å². The molecule has 76 valence electrons. The number of halogens is 1. The third-order valence-corrected chi connectivity index (χ3v) is 3.23. The van der Waals surface area contributed by atoms with Crippen LogP contribution in [-0.2, 0) is 4.79 Å². The molecule has 0 unspecified atom stereocenters. The second kappa shape index (κ2) is 5.41. The highest BCUT2D eigenvalue weighted by molar-refractivity contribution is 9.10. The number of carbonyl (C=O) groups excluding carboxylic acids is 1. The molecule has 1 atom stereocenters. The summed E-state index contributed by atoms with van der Waals surface area (Å²) in [6.07, 6.45) is 1.92. The van der Waals surface area contributed by atoms with E-state index in [-0.39, 0.29) is 11.2 Å². The lowest BCUT2D eigenvalue weighted by atomic mass is 10.3. The molecule has 0 fully saturated rings. The molecule has 2 nitrogen and oxygen atoms in total. The summed E-state index contributed by atoms with van der Waals surface area (Å²) in [4.78, 5) is 11.5. The summed E-state index contributed by atoms with van der Waals surface area (Å²) in [6, 6.07) is 7.57. The minimum Gasteiger partial charge on any atom is -0.325 e. The minimum atomic E-state index is -0.0195. The molecule has 1 aromatic rings.